The third kappa shape index (κ3) is 1.34. The number of hydrogen-bond donors (Lipinski definition) is 0. The Balaban J connectivity index is 2.10. The van der Waals surface area contributed by atoms with Crippen LogP contribution < -0.4 is 0 Å². The molecule has 0 radical (unpaired) electrons. The van der Waals surface area contributed by atoms with Gasteiger partial charge in [0.25, 0.3) is 0 Å². The lowest BCUT2D eigenvalue weighted by atomic mass is 9.76. The van der Waals surface area contributed by atoms with Crippen molar-refractivity contribution in [2.24, 2.45) is 11.8 Å². The Bertz CT molecular complexity index is 477. The Kier molecular flexibility index (Phi) is 2.23. The van der Waals surface area contributed by atoms with Crippen LogP contribution in [0, 0.1) is 11.8 Å². The third-order valence-electron chi connectivity index (χ3n) is 4.10. The second-order valence-corrected chi connectivity index (χ2v) is 5.01. The highest BCUT2D eigenvalue weighted by Gasteiger charge is 2.52. The number of ketones is 1. The van der Waals surface area contributed by atoms with Gasteiger partial charge in [-0.2, -0.15) is 0 Å². The topological polar surface area (TPSA) is 26.3 Å². The molecule has 0 saturated carbocycles. The molecule has 1 aromatic carbocycles. The Hall–Kier alpha value is -1.41. The number of rotatable bonds is 1. The van der Waals surface area contributed by atoms with Crippen molar-refractivity contribution < 1.29 is 9.53 Å². The van der Waals surface area contributed by atoms with Crippen LogP contribution in [0.15, 0.2) is 42.5 Å². The van der Waals surface area contributed by atoms with E-state index in [1.165, 1.54) is 0 Å². The maximum absolute atomic E-state index is 12.2. The predicted molar refractivity (Wildman–Crippen MR) is 65.5 cm³/mol. The number of Topliss-reactive ketones (excluding diaryl/α,β-unsaturated/α-hetero) is 1. The zero-order valence-electron chi connectivity index (χ0n) is 10.1. The minimum absolute atomic E-state index is 0.0272. The number of benzene rings is 1. The van der Waals surface area contributed by atoms with Gasteiger partial charge in [0.15, 0.2) is 0 Å². The Labute approximate surface area is 101 Å². The Morgan fingerprint density at radius 1 is 1.18 bits per heavy atom. The van der Waals surface area contributed by atoms with Gasteiger partial charge in [-0.05, 0) is 11.6 Å². The first-order chi connectivity index (χ1) is 8.15. The Morgan fingerprint density at radius 3 is 2.59 bits per heavy atom. The molecule has 1 aromatic rings. The van der Waals surface area contributed by atoms with Gasteiger partial charge >= 0.3 is 0 Å². The van der Waals surface area contributed by atoms with Crippen LogP contribution in [0.2, 0.25) is 0 Å². The maximum Gasteiger partial charge on any atom is 0.144 e. The monoisotopic (exact) mass is 228 g/mol. The first kappa shape index (κ1) is 10.7. The molecule has 0 spiro atoms. The van der Waals surface area contributed by atoms with Gasteiger partial charge in [0, 0.05) is 5.92 Å². The van der Waals surface area contributed by atoms with Crippen molar-refractivity contribution in [2.45, 2.75) is 25.6 Å². The summed E-state index contributed by atoms with van der Waals surface area (Å²) in [4.78, 5) is 12.2. The minimum atomic E-state index is -0.532. The molecule has 17 heavy (non-hydrogen) atoms. The first-order valence-electron chi connectivity index (χ1n) is 6.11. The summed E-state index contributed by atoms with van der Waals surface area (Å²) in [7, 11) is 0. The van der Waals surface area contributed by atoms with E-state index in [0.29, 0.717) is 5.78 Å². The van der Waals surface area contributed by atoms with Gasteiger partial charge in [0.05, 0.1) is 12.0 Å². The molecule has 2 nitrogen and oxygen atoms in total. The fraction of sp³-hybridized carbons (Fsp3) is 0.400. The van der Waals surface area contributed by atoms with Crippen LogP contribution in [-0.4, -0.2) is 11.9 Å². The van der Waals surface area contributed by atoms with Crippen molar-refractivity contribution >= 4 is 5.78 Å². The van der Waals surface area contributed by atoms with Gasteiger partial charge < -0.3 is 4.74 Å². The Morgan fingerprint density at radius 2 is 1.88 bits per heavy atom. The average Bonchev–Trinajstić information content (AvgIpc) is 2.79. The number of ether oxygens (including phenoxy) is 1. The summed E-state index contributed by atoms with van der Waals surface area (Å²) in [6.45, 7) is 3.92. The molecule has 2 bridgehead atoms. The number of fused-ring (bicyclic) bond motifs is 2. The third-order valence-corrected chi connectivity index (χ3v) is 4.10. The molecule has 3 rings (SSSR count). The quantitative estimate of drug-likeness (QED) is 0.691. The number of hydrogen-bond acceptors (Lipinski definition) is 2. The lowest BCUT2D eigenvalue weighted by Crippen LogP contribution is -2.48. The molecule has 2 heterocycles. The SMILES string of the molecule is C[C@@H]1C(=O)[C@H](C)[C@@]2(c3ccccc3)C=C[C@@H]1O2. The van der Waals surface area contributed by atoms with Crippen molar-refractivity contribution in [1.29, 1.82) is 0 Å². The molecule has 2 aliphatic heterocycles. The van der Waals surface area contributed by atoms with Crippen molar-refractivity contribution in [2.75, 3.05) is 0 Å². The van der Waals surface area contributed by atoms with E-state index in [0.717, 1.165) is 5.56 Å². The highest BCUT2D eigenvalue weighted by atomic mass is 16.5. The van der Waals surface area contributed by atoms with E-state index in [2.05, 4.69) is 6.08 Å². The van der Waals surface area contributed by atoms with Gasteiger partial charge in [-0.3, -0.25) is 4.79 Å². The summed E-state index contributed by atoms with van der Waals surface area (Å²) >= 11 is 0. The van der Waals surface area contributed by atoms with E-state index in [1.54, 1.807) is 0 Å². The zero-order valence-corrected chi connectivity index (χ0v) is 10.1. The lowest BCUT2D eigenvalue weighted by molar-refractivity contribution is -0.160. The van der Waals surface area contributed by atoms with Crippen molar-refractivity contribution in [3.8, 4) is 0 Å². The molecule has 1 fully saturated rings. The largest absolute Gasteiger partial charge is 0.357 e. The average molecular weight is 228 g/mol. The van der Waals surface area contributed by atoms with E-state index in [4.69, 9.17) is 4.74 Å². The minimum Gasteiger partial charge on any atom is -0.357 e. The van der Waals surface area contributed by atoms with Crippen LogP contribution >= 0.6 is 0 Å². The van der Waals surface area contributed by atoms with E-state index in [1.807, 2.05) is 50.3 Å². The molecule has 2 aliphatic rings. The number of carbonyl (C=O) groups excluding carboxylic acids is 1. The second-order valence-electron chi connectivity index (χ2n) is 5.01. The summed E-state index contributed by atoms with van der Waals surface area (Å²) in [5, 5.41) is 0. The van der Waals surface area contributed by atoms with Crippen molar-refractivity contribution in [1.82, 2.24) is 0 Å². The molecular weight excluding hydrogens is 212 g/mol. The van der Waals surface area contributed by atoms with E-state index < -0.39 is 5.60 Å². The highest BCUT2D eigenvalue weighted by Crippen LogP contribution is 2.47. The molecule has 88 valence electrons. The standard InChI is InChI=1S/C15H16O2/c1-10-13-8-9-15(17-13,11(2)14(10)16)12-6-4-3-5-7-12/h3-11,13H,1-2H3/t10-,11-,13-,15+/m0/s1. The fourth-order valence-electron chi connectivity index (χ4n) is 2.94. The van der Waals surface area contributed by atoms with Gasteiger partial charge in [-0.25, -0.2) is 0 Å². The molecule has 2 heteroatoms. The molecule has 0 unspecified atom stereocenters. The van der Waals surface area contributed by atoms with Crippen LogP contribution in [0.3, 0.4) is 0 Å². The van der Waals surface area contributed by atoms with E-state index >= 15 is 0 Å². The van der Waals surface area contributed by atoms with Crippen LogP contribution in [0.5, 0.6) is 0 Å². The van der Waals surface area contributed by atoms with Gasteiger partial charge in [0.1, 0.15) is 11.4 Å². The first-order valence-corrected chi connectivity index (χ1v) is 6.11. The van der Waals surface area contributed by atoms with Gasteiger partial charge in [-0.15, -0.1) is 0 Å². The maximum atomic E-state index is 12.2. The van der Waals surface area contributed by atoms with E-state index in [-0.39, 0.29) is 17.9 Å². The fourth-order valence-corrected chi connectivity index (χ4v) is 2.94. The number of carbonyl (C=O) groups is 1. The predicted octanol–water partition coefficient (Wildman–Crippen LogP) is 2.69. The van der Waals surface area contributed by atoms with Crippen LogP contribution in [0.25, 0.3) is 0 Å². The summed E-state index contributed by atoms with van der Waals surface area (Å²) in [6, 6.07) is 10.0. The summed E-state index contributed by atoms with van der Waals surface area (Å²) in [5.41, 5.74) is 0.543. The second kappa shape index (κ2) is 3.54. The van der Waals surface area contributed by atoms with Crippen molar-refractivity contribution in [3.05, 3.63) is 48.0 Å². The normalized spacial score (nSPS) is 39.6. The highest BCUT2D eigenvalue weighted by molar-refractivity contribution is 5.87. The van der Waals surface area contributed by atoms with Crippen LogP contribution in [-0.2, 0) is 15.1 Å². The summed E-state index contributed by atoms with van der Waals surface area (Å²) in [5.74, 6) is 0.158. The van der Waals surface area contributed by atoms with Crippen molar-refractivity contribution in [3.63, 3.8) is 0 Å². The molecule has 0 aliphatic carbocycles. The molecule has 1 saturated heterocycles. The van der Waals surface area contributed by atoms with Crippen LogP contribution in [0.4, 0.5) is 0 Å². The molecule has 0 N–H and O–H groups in total. The van der Waals surface area contributed by atoms with Crippen LogP contribution in [0.1, 0.15) is 19.4 Å². The molecular formula is C15H16O2. The van der Waals surface area contributed by atoms with Gasteiger partial charge in [-0.1, -0.05) is 50.3 Å². The smallest absolute Gasteiger partial charge is 0.144 e. The lowest BCUT2D eigenvalue weighted by Gasteiger charge is -2.41. The van der Waals surface area contributed by atoms with E-state index in [9.17, 15) is 4.79 Å². The molecule has 0 aromatic heterocycles. The van der Waals surface area contributed by atoms with Gasteiger partial charge in [0.2, 0.25) is 0 Å². The summed E-state index contributed by atoms with van der Waals surface area (Å²) in [6.07, 6.45) is 4.05. The zero-order chi connectivity index (χ0) is 12.0. The summed E-state index contributed by atoms with van der Waals surface area (Å²) < 4.78 is 6.13. The molecule has 0 amide bonds. The molecule has 4 atom stereocenters.